The molecule has 1 N–H and O–H groups in total. The predicted molar refractivity (Wildman–Crippen MR) is 121 cm³/mol. The van der Waals surface area contributed by atoms with Crippen molar-refractivity contribution < 1.29 is 32.2 Å². The maximum absolute atomic E-state index is 12.7. The first-order valence-corrected chi connectivity index (χ1v) is 12.1. The minimum Gasteiger partial charge on any atom is -0.454 e. The average molecular weight is 497 g/mol. The van der Waals surface area contributed by atoms with Crippen molar-refractivity contribution in [3.05, 3.63) is 52.5 Å². The van der Waals surface area contributed by atoms with Crippen molar-refractivity contribution in [2.45, 2.75) is 31.7 Å². The molecule has 0 spiro atoms. The van der Waals surface area contributed by atoms with Crippen molar-refractivity contribution in [2.75, 3.05) is 26.5 Å². The summed E-state index contributed by atoms with van der Waals surface area (Å²) in [5.41, 5.74) is 0.651. The maximum Gasteiger partial charge on any atom is 0.340 e. The highest BCUT2D eigenvalue weighted by Gasteiger charge is 2.25. The van der Waals surface area contributed by atoms with E-state index in [-0.39, 0.29) is 41.4 Å². The Balaban J connectivity index is 1.63. The molecule has 0 fully saturated rings. The molecule has 11 heteroatoms. The number of carbonyl (C=O) groups is 2. The van der Waals surface area contributed by atoms with Gasteiger partial charge in [-0.2, -0.15) is 4.31 Å². The van der Waals surface area contributed by atoms with Gasteiger partial charge in [-0.1, -0.05) is 31.5 Å². The number of amides is 1. The molecule has 0 saturated heterocycles. The minimum atomic E-state index is -3.79. The first-order chi connectivity index (χ1) is 15.7. The number of rotatable bonds is 9. The molecule has 1 aliphatic rings. The summed E-state index contributed by atoms with van der Waals surface area (Å²) in [7, 11) is -3.79. The highest BCUT2D eigenvalue weighted by atomic mass is 35.5. The summed E-state index contributed by atoms with van der Waals surface area (Å²) in [4.78, 5) is 24.7. The Labute approximate surface area is 197 Å². The Morgan fingerprint density at radius 3 is 2.52 bits per heavy atom. The van der Waals surface area contributed by atoms with Crippen LogP contribution in [0, 0.1) is 0 Å². The lowest BCUT2D eigenvalue weighted by atomic mass is 10.1. The zero-order valence-corrected chi connectivity index (χ0v) is 20.0. The van der Waals surface area contributed by atoms with Crippen LogP contribution in [0.1, 0.15) is 42.7 Å². The fraction of sp³-hybridized carbons (Fsp3) is 0.364. The van der Waals surface area contributed by atoms with Crippen LogP contribution in [0.4, 0.5) is 0 Å². The van der Waals surface area contributed by atoms with Crippen molar-refractivity contribution in [2.24, 2.45) is 0 Å². The summed E-state index contributed by atoms with van der Waals surface area (Å²) in [5.74, 6) is -0.207. The van der Waals surface area contributed by atoms with Crippen molar-refractivity contribution in [3.8, 4) is 11.5 Å². The van der Waals surface area contributed by atoms with Crippen molar-refractivity contribution in [1.82, 2.24) is 9.62 Å². The highest BCUT2D eigenvalue weighted by Crippen LogP contribution is 2.34. The third kappa shape index (κ3) is 5.58. The van der Waals surface area contributed by atoms with Gasteiger partial charge in [-0.25, -0.2) is 13.2 Å². The highest BCUT2D eigenvalue weighted by molar-refractivity contribution is 7.89. The molecule has 1 heterocycles. The Morgan fingerprint density at radius 2 is 1.82 bits per heavy atom. The summed E-state index contributed by atoms with van der Waals surface area (Å²) in [6, 6.07) is 8.74. The lowest BCUT2D eigenvalue weighted by Gasteiger charge is -2.19. The zero-order valence-electron chi connectivity index (χ0n) is 18.5. The summed E-state index contributed by atoms with van der Waals surface area (Å²) < 4.78 is 42.4. The number of benzene rings is 2. The topological polar surface area (TPSA) is 111 Å². The second kappa shape index (κ2) is 10.4. The van der Waals surface area contributed by atoms with Gasteiger partial charge in [0, 0.05) is 13.1 Å². The molecule has 1 unspecified atom stereocenters. The summed E-state index contributed by atoms with van der Waals surface area (Å²) in [6.45, 7) is 5.36. The molecular formula is C22H25ClN2O7S. The third-order valence-corrected chi connectivity index (χ3v) is 7.48. The molecule has 9 nitrogen and oxygen atoms in total. The van der Waals surface area contributed by atoms with Crippen LogP contribution in [0.5, 0.6) is 11.5 Å². The van der Waals surface area contributed by atoms with Gasteiger partial charge in [0.25, 0.3) is 5.91 Å². The Kier molecular flexibility index (Phi) is 7.83. The molecule has 3 rings (SSSR count). The van der Waals surface area contributed by atoms with Gasteiger partial charge in [0.1, 0.15) is 0 Å². The van der Waals surface area contributed by atoms with Crippen molar-refractivity contribution in [3.63, 3.8) is 0 Å². The lowest BCUT2D eigenvalue weighted by molar-refractivity contribution is -0.124. The Morgan fingerprint density at radius 1 is 1.12 bits per heavy atom. The SMILES string of the molecule is CCN(CC)S(=O)(=O)c1ccc(Cl)c(C(=O)OCC(=O)NC(C)c2ccc3c(c2)OCO3)c1. The van der Waals surface area contributed by atoms with Gasteiger partial charge < -0.3 is 19.5 Å². The third-order valence-electron chi connectivity index (χ3n) is 5.11. The van der Waals surface area contributed by atoms with Crippen LogP contribution in [0.2, 0.25) is 5.02 Å². The zero-order chi connectivity index (χ0) is 24.2. The number of hydrogen-bond donors (Lipinski definition) is 1. The molecule has 2 aromatic carbocycles. The number of halogens is 1. The van der Waals surface area contributed by atoms with Gasteiger partial charge in [0.05, 0.1) is 21.5 Å². The van der Waals surface area contributed by atoms with E-state index < -0.39 is 28.5 Å². The van der Waals surface area contributed by atoms with Crippen LogP contribution in [0.3, 0.4) is 0 Å². The lowest BCUT2D eigenvalue weighted by Crippen LogP contribution is -2.31. The van der Waals surface area contributed by atoms with E-state index >= 15 is 0 Å². The van der Waals surface area contributed by atoms with Crippen LogP contribution in [-0.2, 0) is 19.6 Å². The van der Waals surface area contributed by atoms with E-state index in [9.17, 15) is 18.0 Å². The number of carbonyl (C=O) groups excluding carboxylic acids is 2. The average Bonchev–Trinajstić information content (AvgIpc) is 3.26. The smallest absolute Gasteiger partial charge is 0.340 e. The van der Waals surface area contributed by atoms with E-state index in [1.165, 1.54) is 16.4 Å². The molecule has 0 saturated carbocycles. The second-order valence-corrected chi connectivity index (χ2v) is 9.55. The Bertz CT molecular complexity index is 1150. The van der Waals surface area contributed by atoms with E-state index in [1.807, 2.05) is 0 Å². The maximum atomic E-state index is 12.7. The van der Waals surface area contributed by atoms with E-state index in [4.69, 9.17) is 25.8 Å². The quantitative estimate of drug-likeness (QED) is 0.531. The molecule has 1 amide bonds. The monoisotopic (exact) mass is 496 g/mol. The molecule has 0 aliphatic carbocycles. The predicted octanol–water partition coefficient (Wildman–Crippen LogP) is 3.13. The van der Waals surface area contributed by atoms with Gasteiger partial charge in [0.2, 0.25) is 16.8 Å². The van der Waals surface area contributed by atoms with E-state index in [1.54, 1.807) is 39.0 Å². The first-order valence-electron chi connectivity index (χ1n) is 10.3. The van der Waals surface area contributed by atoms with Crippen LogP contribution >= 0.6 is 11.6 Å². The number of sulfonamides is 1. The number of fused-ring (bicyclic) bond motifs is 1. The molecule has 33 heavy (non-hydrogen) atoms. The fourth-order valence-corrected chi connectivity index (χ4v) is 4.97. The summed E-state index contributed by atoms with van der Waals surface area (Å²) >= 11 is 6.08. The van der Waals surface area contributed by atoms with Gasteiger partial charge in [-0.3, -0.25) is 4.79 Å². The fourth-order valence-electron chi connectivity index (χ4n) is 3.29. The molecule has 0 radical (unpaired) electrons. The van der Waals surface area contributed by atoms with Crippen LogP contribution in [-0.4, -0.2) is 51.1 Å². The van der Waals surface area contributed by atoms with Gasteiger partial charge in [-0.15, -0.1) is 0 Å². The standard InChI is InChI=1S/C22H25ClN2O7S/c1-4-25(5-2)33(28,29)16-7-8-18(23)17(11-16)22(27)30-12-21(26)24-14(3)15-6-9-19-20(10-15)32-13-31-19/h6-11,14H,4-5,12-13H2,1-3H3,(H,24,26). The largest absolute Gasteiger partial charge is 0.454 e. The summed E-state index contributed by atoms with van der Waals surface area (Å²) in [6.07, 6.45) is 0. The molecule has 1 atom stereocenters. The van der Waals surface area contributed by atoms with Gasteiger partial charge in [0.15, 0.2) is 18.1 Å². The molecule has 0 bridgehead atoms. The van der Waals surface area contributed by atoms with E-state index in [2.05, 4.69) is 5.32 Å². The van der Waals surface area contributed by atoms with E-state index in [0.29, 0.717) is 11.5 Å². The summed E-state index contributed by atoms with van der Waals surface area (Å²) in [5, 5.41) is 2.75. The van der Waals surface area contributed by atoms with Crippen molar-refractivity contribution >= 4 is 33.5 Å². The van der Waals surface area contributed by atoms with Gasteiger partial charge in [-0.05, 0) is 42.8 Å². The molecule has 2 aromatic rings. The van der Waals surface area contributed by atoms with Crippen LogP contribution in [0.25, 0.3) is 0 Å². The molecule has 0 aromatic heterocycles. The Hall–Kier alpha value is -2.82. The molecular weight excluding hydrogens is 472 g/mol. The second-order valence-electron chi connectivity index (χ2n) is 7.21. The molecule has 178 valence electrons. The number of nitrogens with zero attached hydrogens (tertiary/aromatic N) is 1. The van der Waals surface area contributed by atoms with Crippen LogP contribution in [0.15, 0.2) is 41.3 Å². The number of esters is 1. The minimum absolute atomic E-state index is 0.0210. The van der Waals surface area contributed by atoms with Crippen LogP contribution < -0.4 is 14.8 Å². The number of nitrogens with one attached hydrogen (secondary N) is 1. The molecule has 1 aliphatic heterocycles. The van der Waals surface area contributed by atoms with Gasteiger partial charge >= 0.3 is 5.97 Å². The van der Waals surface area contributed by atoms with E-state index in [0.717, 1.165) is 11.6 Å². The normalized spacial score (nSPS) is 13.6. The van der Waals surface area contributed by atoms with Crippen molar-refractivity contribution in [1.29, 1.82) is 0 Å². The number of ether oxygens (including phenoxy) is 3. The first kappa shape index (κ1) is 24.8. The number of hydrogen-bond acceptors (Lipinski definition) is 7.